The first-order valence-electron chi connectivity index (χ1n) is 10.4. The molecule has 0 aromatic heterocycles. The summed E-state index contributed by atoms with van der Waals surface area (Å²) >= 11 is 0. The predicted molar refractivity (Wildman–Crippen MR) is 121 cm³/mol. The number of hydrazine groups is 1. The summed E-state index contributed by atoms with van der Waals surface area (Å²) in [7, 11) is 0. The minimum absolute atomic E-state index is 0.0766. The highest BCUT2D eigenvalue weighted by atomic mass is 16.5. The van der Waals surface area contributed by atoms with Crippen LogP contribution < -0.4 is 20.9 Å². The van der Waals surface area contributed by atoms with Gasteiger partial charge in [-0.2, -0.15) is 0 Å². The second-order valence-corrected chi connectivity index (χ2v) is 8.15. The molecule has 3 N–H and O–H groups in total. The van der Waals surface area contributed by atoms with Crippen molar-refractivity contribution in [2.24, 2.45) is 5.92 Å². The molecule has 0 bridgehead atoms. The Balaban J connectivity index is 1.82. The summed E-state index contributed by atoms with van der Waals surface area (Å²) < 4.78 is 5.63. The van der Waals surface area contributed by atoms with Gasteiger partial charge in [0.15, 0.2) is 6.10 Å². The van der Waals surface area contributed by atoms with Crippen LogP contribution in [-0.2, 0) is 9.59 Å². The summed E-state index contributed by atoms with van der Waals surface area (Å²) in [4.78, 5) is 36.3. The summed E-state index contributed by atoms with van der Waals surface area (Å²) in [6.07, 6.45) is -0.361. The Kier molecular flexibility index (Phi) is 8.61. The van der Waals surface area contributed by atoms with Crippen LogP contribution in [0.4, 0.5) is 5.69 Å². The first kappa shape index (κ1) is 23.9. The molecule has 0 aliphatic carbocycles. The molecule has 0 radical (unpaired) electrons. The fraction of sp³-hybridized carbons (Fsp3) is 0.375. The van der Waals surface area contributed by atoms with Gasteiger partial charge in [0.1, 0.15) is 5.75 Å². The van der Waals surface area contributed by atoms with Crippen LogP contribution in [0.3, 0.4) is 0 Å². The molecule has 0 spiro atoms. The van der Waals surface area contributed by atoms with Gasteiger partial charge in [-0.25, -0.2) is 0 Å². The number of rotatable bonds is 8. The van der Waals surface area contributed by atoms with E-state index in [1.807, 2.05) is 38.1 Å². The van der Waals surface area contributed by atoms with E-state index in [-0.39, 0.29) is 11.8 Å². The van der Waals surface area contributed by atoms with Crippen LogP contribution in [0.1, 0.15) is 62.9 Å². The summed E-state index contributed by atoms with van der Waals surface area (Å²) in [5.41, 5.74) is 6.87. The van der Waals surface area contributed by atoms with Gasteiger partial charge in [-0.3, -0.25) is 25.2 Å². The number of carbonyl (C=O) groups is 3. The average Bonchev–Trinajstić information content (AvgIpc) is 2.72. The number of hydrogen-bond donors (Lipinski definition) is 3. The van der Waals surface area contributed by atoms with Gasteiger partial charge in [-0.05, 0) is 60.7 Å². The molecule has 0 saturated heterocycles. The van der Waals surface area contributed by atoms with Gasteiger partial charge in [-0.1, -0.05) is 39.8 Å². The van der Waals surface area contributed by atoms with E-state index in [1.54, 1.807) is 31.2 Å². The number of nitrogens with one attached hydrogen (secondary N) is 3. The Labute approximate surface area is 183 Å². The van der Waals surface area contributed by atoms with Gasteiger partial charge < -0.3 is 10.1 Å². The van der Waals surface area contributed by atoms with E-state index >= 15 is 0 Å². The van der Waals surface area contributed by atoms with Crippen LogP contribution in [0.2, 0.25) is 0 Å². The SMILES string of the molecule is CC(C)CC(=O)Nc1ccc(C(=O)NNC(=O)[C@H](C)Oc2ccc(C(C)C)cc2)cc1. The normalized spacial score (nSPS) is 11.7. The second kappa shape index (κ2) is 11.2. The molecule has 1 atom stereocenters. The number of amides is 3. The van der Waals surface area contributed by atoms with Crippen LogP contribution in [0.5, 0.6) is 5.75 Å². The third-order valence-electron chi connectivity index (χ3n) is 4.55. The molecular formula is C24H31N3O4. The first-order valence-corrected chi connectivity index (χ1v) is 10.4. The minimum Gasteiger partial charge on any atom is -0.481 e. The molecule has 2 aromatic rings. The van der Waals surface area contributed by atoms with Gasteiger partial charge in [0, 0.05) is 17.7 Å². The minimum atomic E-state index is -0.788. The third-order valence-corrected chi connectivity index (χ3v) is 4.55. The zero-order valence-corrected chi connectivity index (χ0v) is 18.7. The van der Waals surface area contributed by atoms with Crippen LogP contribution in [0, 0.1) is 5.92 Å². The van der Waals surface area contributed by atoms with E-state index in [0.717, 1.165) is 0 Å². The Morgan fingerprint density at radius 3 is 2.00 bits per heavy atom. The molecule has 3 amide bonds. The highest BCUT2D eigenvalue weighted by Gasteiger charge is 2.16. The fourth-order valence-electron chi connectivity index (χ4n) is 2.77. The lowest BCUT2D eigenvalue weighted by molar-refractivity contribution is -0.128. The summed E-state index contributed by atoms with van der Waals surface area (Å²) in [5.74, 6) is 0.233. The van der Waals surface area contributed by atoms with E-state index in [0.29, 0.717) is 29.3 Å². The molecule has 31 heavy (non-hydrogen) atoms. The van der Waals surface area contributed by atoms with Crippen molar-refractivity contribution in [3.05, 3.63) is 59.7 Å². The van der Waals surface area contributed by atoms with Gasteiger partial charge in [0.2, 0.25) is 5.91 Å². The maximum absolute atomic E-state index is 12.3. The van der Waals surface area contributed by atoms with Crippen molar-refractivity contribution in [3.8, 4) is 5.75 Å². The molecular weight excluding hydrogens is 394 g/mol. The molecule has 0 aliphatic heterocycles. The van der Waals surface area contributed by atoms with E-state index in [2.05, 4.69) is 30.0 Å². The molecule has 0 heterocycles. The summed E-state index contributed by atoms with van der Waals surface area (Å²) in [5, 5.41) is 2.78. The molecule has 7 nitrogen and oxygen atoms in total. The van der Waals surface area contributed by atoms with E-state index in [4.69, 9.17) is 4.74 Å². The van der Waals surface area contributed by atoms with Crippen molar-refractivity contribution in [1.82, 2.24) is 10.9 Å². The van der Waals surface area contributed by atoms with Crippen molar-refractivity contribution >= 4 is 23.4 Å². The van der Waals surface area contributed by atoms with Crippen molar-refractivity contribution in [2.75, 3.05) is 5.32 Å². The van der Waals surface area contributed by atoms with Crippen molar-refractivity contribution < 1.29 is 19.1 Å². The summed E-state index contributed by atoms with van der Waals surface area (Å²) in [6.45, 7) is 9.74. The third kappa shape index (κ3) is 7.77. The largest absolute Gasteiger partial charge is 0.481 e. The highest BCUT2D eigenvalue weighted by Crippen LogP contribution is 2.19. The van der Waals surface area contributed by atoms with Crippen LogP contribution >= 0.6 is 0 Å². The molecule has 0 unspecified atom stereocenters. The first-order chi connectivity index (χ1) is 14.7. The van der Waals surface area contributed by atoms with Crippen molar-refractivity contribution in [3.63, 3.8) is 0 Å². The van der Waals surface area contributed by atoms with Crippen molar-refractivity contribution in [2.45, 2.75) is 53.1 Å². The van der Waals surface area contributed by atoms with Crippen molar-refractivity contribution in [1.29, 1.82) is 0 Å². The molecule has 0 aliphatic rings. The van der Waals surface area contributed by atoms with Crippen LogP contribution in [0.25, 0.3) is 0 Å². The lowest BCUT2D eigenvalue weighted by atomic mass is 10.0. The number of hydrogen-bond acceptors (Lipinski definition) is 4. The molecule has 7 heteroatoms. The Morgan fingerprint density at radius 1 is 0.839 bits per heavy atom. The van der Waals surface area contributed by atoms with Crippen LogP contribution in [0.15, 0.2) is 48.5 Å². The number of carbonyl (C=O) groups excluding carboxylic acids is 3. The number of ether oxygens (including phenoxy) is 1. The number of anilines is 1. The maximum atomic E-state index is 12.3. The molecule has 2 aromatic carbocycles. The number of benzene rings is 2. The maximum Gasteiger partial charge on any atom is 0.279 e. The lowest BCUT2D eigenvalue weighted by Gasteiger charge is -2.16. The van der Waals surface area contributed by atoms with E-state index in [1.165, 1.54) is 5.56 Å². The van der Waals surface area contributed by atoms with Gasteiger partial charge in [-0.15, -0.1) is 0 Å². The van der Waals surface area contributed by atoms with Crippen LogP contribution in [-0.4, -0.2) is 23.8 Å². The zero-order valence-electron chi connectivity index (χ0n) is 18.7. The molecule has 0 fully saturated rings. The topological polar surface area (TPSA) is 96.5 Å². The monoisotopic (exact) mass is 425 g/mol. The molecule has 2 rings (SSSR count). The molecule has 166 valence electrons. The standard InChI is InChI=1S/C24H31N3O4/c1-15(2)14-22(28)25-20-10-6-19(7-11-20)24(30)27-26-23(29)17(5)31-21-12-8-18(9-13-21)16(3)4/h6-13,15-17H,14H2,1-5H3,(H,25,28)(H,26,29)(H,27,30)/t17-/m0/s1. The lowest BCUT2D eigenvalue weighted by Crippen LogP contribution is -2.47. The Bertz CT molecular complexity index is 890. The fourth-order valence-corrected chi connectivity index (χ4v) is 2.77. The van der Waals surface area contributed by atoms with Gasteiger partial charge >= 0.3 is 0 Å². The van der Waals surface area contributed by atoms with Gasteiger partial charge in [0.25, 0.3) is 11.8 Å². The quantitative estimate of drug-likeness (QED) is 0.557. The second-order valence-electron chi connectivity index (χ2n) is 8.15. The predicted octanol–water partition coefficient (Wildman–Crippen LogP) is 4.02. The zero-order chi connectivity index (χ0) is 23.0. The highest BCUT2D eigenvalue weighted by molar-refractivity contribution is 5.97. The average molecular weight is 426 g/mol. The van der Waals surface area contributed by atoms with E-state index < -0.39 is 17.9 Å². The Hall–Kier alpha value is -3.35. The Morgan fingerprint density at radius 2 is 1.45 bits per heavy atom. The molecule has 0 saturated carbocycles. The van der Waals surface area contributed by atoms with Gasteiger partial charge in [0.05, 0.1) is 0 Å². The summed E-state index contributed by atoms with van der Waals surface area (Å²) in [6, 6.07) is 14.0. The van der Waals surface area contributed by atoms with E-state index in [9.17, 15) is 14.4 Å². The smallest absolute Gasteiger partial charge is 0.279 e.